The highest BCUT2D eigenvalue weighted by Crippen LogP contribution is 2.42. The van der Waals surface area contributed by atoms with Gasteiger partial charge in [-0.1, -0.05) is 25.0 Å². The highest BCUT2D eigenvalue weighted by molar-refractivity contribution is 5.13. The van der Waals surface area contributed by atoms with Gasteiger partial charge >= 0.3 is 0 Å². The van der Waals surface area contributed by atoms with Gasteiger partial charge in [0, 0.05) is 0 Å². The van der Waals surface area contributed by atoms with E-state index in [-0.39, 0.29) is 0 Å². The Morgan fingerprint density at radius 2 is 1.92 bits per heavy atom. The van der Waals surface area contributed by atoms with Crippen molar-refractivity contribution in [3.8, 4) is 0 Å². The molecule has 0 aromatic heterocycles. The quantitative estimate of drug-likeness (QED) is 0.589. The first-order chi connectivity index (χ1) is 5.79. The van der Waals surface area contributed by atoms with E-state index in [4.69, 9.17) is 0 Å². The topological polar surface area (TPSA) is 12.0 Å². The highest BCUT2D eigenvalue weighted by Gasteiger charge is 2.29. The van der Waals surface area contributed by atoms with E-state index in [0.29, 0.717) is 5.41 Å². The van der Waals surface area contributed by atoms with E-state index >= 15 is 0 Å². The summed E-state index contributed by atoms with van der Waals surface area (Å²) in [6.45, 7) is 4.80. The maximum Gasteiger partial charge on any atom is -0.00115 e. The van der Waals surface area contributed by atoms with Crippen LogP contribution in [0.1, 0.15) is 39.0 Å². The molecule has 0 spiro atoms. The van der Waals surface area contributed by atoms with Gasteiger partial charge < -0.3 is 5.32 Å². The summed E-state index contributed by atoms with van der Waals surface area (Å²) < 4.78 is 0. The molecule has 1 aliphatic carbocycles. The van der Waals surface area contributed by atoms with Crippen molar-refractivity contribution in [3.05, 3.63) is 11.6 Å². The number of piperidine rings is 1. The molecule has 0 unspecified atom stereocenters. The standard InChI is InChI=1S/C11H19N/c1-11(5-2-6-11)9-10-3-7-12-8-4-10/h9,12H,2-8H2,1H3. The van der Waals surface area contributed by atoms with Crippen LogP contribution in [-0.4, -0.2) is 13.1 Å². The lowest BCUT2D eigenvalue weighted by atomic mass is 9.69. The Labute approximate surface area is 75.2 Å². The van der Waals surface area contributed by atoms with E-state index in [1.54, 1.807) is 5.57 Å². The van der Waals surface area contributed by atoms with Crippen molar-refractivity contribution >= 4 is 0 Å². The van der Waals surface area contributed by atoms with Crippen LogP contribution in [0.2, 0.25) is 0 Å². The fraction of sp³-hybridized carbons (Fsp3) is 0.818. The lowest BCUT2D eigenvalue weighted by molar-refractivity contribution is 0.231. The van der Waals surface area contributed by atoms with Crippen molar-refractivity contribution in [2.75, 3.05) is 13.1 Å². The molecule has 2 rings (SSSR count). The Morgan fingerprint density at radius 3 is 2.42 bits per heavy atom. The Balaban J connectivity index is 1.96. The number of hydrogen-bond donors (Lipinski definition) is 1. The van der Waals surface area contributed by atoms with E-state index in [1.165, 1.54) is 45.2 Å². The van der Waals surface area contributed by atoms with E-state index in [1.807, 2.05) is 0 Å². The zero-order chi connectivity index (χ0) is 8.44. The molecule has 1 aliphatic heterocycles. The van der Waals surface area contributed by atoms with Gasteiger partial charge in [-0.15, -0.1) is 0 Å². The van der Waals surface area contributed by atoms with Gasteiger partial charge in [-0.2, -0.15) is 0 Å². The molecule has 2 fully saturated rings. The fourth-order valence-corrected chi connectivity index (χ4v) is 2.26. The minimum absolute atomic E-state index is 0.590. The smallest absolute Gasteiger partial charge is 0.00115 e. The molecule has 0 aromatic carbocycles. The normalized spacial score (nSPS) is 27.9. The van der Waals surface area contributed by atoms with Crippen molar-refractivity contribution in [2.45, 2.75) is 39.0 Å². The van der Waals surface area contributed by atoms with E-state index in [2.05, 4.69) is 18.3 Å². The van der Waals surface area contributed by atoms with Crippen LogP contribution in [-0.2, 0) is 0 Å². The molecule has 0 bridgehead atoms. The molecule has 0 radical (unpaired) electrons. The number of nitrogens with one attached hydrogen (secondary N) is 1. The molecule has 1 heterocycles. The van der Waals surface area contributed by atoms with E-state index in [0.717, 1.165) is 0 Å². The summed E-state index contributed by atoms with van der Waals surface area (Å²) in [4.78, 5) is 0. The molecule has 0 atom stereocenters. The number of hydrogen-bond acceptors (Lipinski definition) is 1. The zero-order valence-electron chi connectivity index (χ0n) is 8.03. The second kappa shape index (κ2) is 3.21. The Hall–Kier alpha value is -0.300. The van der Waals surface area contributed by atoms with Crippen molar-refractivity contribution in [1.82, 2.24) is 5.32 Å². The Morgan fingerprint density at radius 1 is 1.25 bits per heavy atom. The monoisotopic (exact) mass is 165 g/mol. The third kappa shape index (κ3) is 1.71. The van der Waals surface area contributed by atoms with Crippen LogP contribution < -0.4 is 5.32 Å². The molecule has 0 amide bonds. The summed E-state index contributed by atoms with van der Waals surface area (Å²) >= 11 is 0. The third-order valence-electron chi connectivity index (χ3n) is 3.29. The Bertz CT molecular complexity index is 181. The summed E-state index contributed by atoms with van der Waals surface area (Å²) in [5.74, 6) is 0. The second-order valence-corrected chi connectivity index (χ2v) is 4.56. The fourth-order valence-electron chi connectivity index (χ4n) is 2.26. The molecule has 1 N–H and O–H groups in total. The molecular weight excluding hydrogens is 146 g/mol. The largest absolute Gasteiger partial charge is 0.316 e. The van der Waals surface area contributed by atoms with Gasteiger partial charge in [-0.05, 0) is 44.2 Å². The van der Waals surface area contributed by atoms with Crippen LogP contribution in [0, 0.1) is 5.41 Å². The summed E-state index contributed by atoms with van der Waals surface area (Å²) in [5, 5.41) is 3.40. The summed E-state index contributed by atoms with van der Waals surface area (Å²) in [6.07, 6.45) is 9.43. The average molecular weight is 165 g/mol. The molecular formula is C11H19N. The summed E-state index contributed by atoms with van der Waals surface area (Å²) in [5.41, 5.74) is 2.29. The van der Waals surface area contributed by atoms with E-state index < -0.39 is 0 Å². The Kier molecular flexibility index (Phi) is 2.22. The van der Waals surface area contributed by atoms with Crippen molar-refractivity contribution < 1.29 is 0 Å². The molecule has 0 aromatic rings. The summed E-state index contributed by atoms with van der Waals surface area (Å²) in [7, 11) is 0. The molecule has 68 valence electrons. The molecule has 1 saturated heterocycles. The van der Waals surface area contributed by atoms with Gasteiger partial charge in [0.15, 0.2) is 0 Å². The zero-order valence-corrected chi connectivity index (χ0v) is 8.03. The van der Waals surface area contributed by atoms with Gasteiger partial charge in [0.2, 0.25) is 0 Å². The molecule has 1 heteroatoms. The van der Waals surface area contributed by atoms with Crippen LogP contribution in [0.4, 0.5) is 0 Å². The number of rotatable bonds is 1. The third-order valence-corrected chi connectivity index (χ3v) is 3.29. The van der Waals surface area contributed by atoms with Gasteiger partial charge in [-0.25, -0.2) is 0 Å². The van der Waals surface area contributed by atoms with Crippen LogP contribution in [0.25, 0.3) is 0 Å². The average Bonchev–Trinajstić information content (AvgIpc) is 2.04. The maximum absolute atomic E-state index is 3.40. The molecule has 1 nitrogen and oxygen atoms in total. The molecule has 2 aliphatic rings. The first-order valence-electron chi connectivity index (χ1n) is 5.20. The van der Waals surface area contributed by atoms with Crippen LogP contribution >= 0.6 is 0 Å². The first kappa shape index (κ1) is 8.31. The van der Waals surface area contributed by atoms with Gasteiger partial charge in [0.25, 0.3) is 0 Å². The minimum atomic E-state index is 0.590. The van der Waals surface area contributed by atoms with Crippen LogP contribution in [0.3, 0.4) is 0 Å². The van der Waals surface area contributed by atoms with Crippen LogP contribution in [0.15, 0.2) is 11.6 Å². The highest BCUT2D eigenvalue weighted by atomic mass is 14.9. The van der Waals surface area contributed by atoms with Crippen molar-refractivity contribution in [2.24, 2.45) is 5.41 Å². The van der Waals surface area contributed by atoms with Gasteiger partial charge in [-0.3, -0.25) is 0 Å². The predicted octanol–water partition coefficient (Wildman–Crippen LogP) is 2.49. The lowest BCUT2D eigenvalue weighted by Gasteiger charge is -2.37. The first-order valence-corrected chi connectivity index (χ1v) is 5.20. The van der Waals surface area contributed by atoms with Crippen molar-refractivity contribution in [1.29, 1.82) is 0 Å². The molecule has 1 saturated carbocycles. The molecule has 12 heavy (non-hydrogen) atoms. The second-order valence-electron chi connectivity index (χ2n) is 4.56. The van der Waals surface area contributed by atoms with Crippen LogP contribution in [0.5, 0.6) is 0 Å². The maximum atomic E-state index is 3.40. The lowest BCUT2D eigenvalue weighted by Crippen LogP contribution is -2.27. The minimum Gasteiger partial charge on any atom is -0.316 e. The number of allylic oxidation sites excluding steroid dienone is 1. The van der Waals surface area contributed by atoms with Gasteiger partial charge in [0.05, 0.1) is 0 Å². The van der Waals surface area contributed by atoms with Crippen molar-refractivity contribution in [3.63, 3.8) is 0 Å². The van der Waals surface area contributed by atoms with E-state index in [9.17, 15) is 0 Å². The predicted molar refractivity (Wildman–Crippen MR) is 52.1 cm³/mol. The van der Waals surface area contributed by atoms with Gasteiger partial charge in [0.1, 0.15) is 0 Å². The summed E-state index contributed by atoms with van der Waals surface area (Å²) in [6, 6.07) is 0. The SMILES string of the molecule is CC1(C=C2CCNCC2)CCC1.